The number of esters is 1. The number of ether oxygens (including phenoxy) is 1. The molecule has 0 aliphatic carbocycles. The molecule has 0 radical (unpaired) electrons. The number of urea groups is 1. The summed E-state index contributed by atoms with van der Waals surface area (Å²) < 4.78 is 5.08. The summed E-state index contributed by atoms with van der Waals surface area (Å²) in [6, 6.07) is -1.71. The van der Waals surface area contributed by atoms with Crippen LogP contribution in [-0.2, 0) is 19.3 Å². The second kappa shape index (κ2) is 8.34. The van der Waals surface area contributed by atoms with Gasteiger partial charge in [0.25, 0.3) is 0 Å². The molecule has 0 unspecified atom stereocenters. The topological polar surface area (TPSA) is 115 Å². The summed E-state index contributed by atoms with van der Waals surface area (Å²) in [7, 11) is 1.21. The van der Waals surface area contributed by atoms with Gasteiger partial charge in [-0.05, 0) is 39.9 Å². The third-order valence-electron chi connectivity index (χ3n) is 2.32. The normalized spacial score (nSPS) is 14.0. The Morgan fingerprint density at radius 2 is 2.04 bits per heavy atom. The Balaban J connectivity index is 2.68. The first kappa shape index (κ1) is 19.5. The molecule has 0 aliphatic rings. The first-order valence-corrected chi connectivity index (χ1v) is 7.90. The highest BCUT2D eigenvalue weighted by Gasteiger charge is 2.31. The van der Waals surface area contributed by atoms with Crippen molar-refractivity contribution in [3.8, 4) is 0 Å². The van der Waals surface area contributed by atoms with Crippen LogP contribution in [0.3, 0.4) is 0 Å². The molecular weight excluding hydrogens is 344 g/mol. The Morgan fingerprint density at radius 3 is 2.52 bits per heavy atom. The van der Waals surface area contributed by atoms with Gasteiger partial charge in [-0.1, -0.05) is 11.3 Å². The first-order valence-electron chi connectivity index (χ1n) is 6.67. The predicted molar refractivity (Wildman–Crippen MR) is 86.6 cm³/mol. The fourth-order valence-corrected chi connectivity index (χ4v) is 2.11. The van der Waals surface area contributed by atoms with Crippen molar-refractivity contribution in [1.82, 2.24) is 15.5 Å². The summed E-state index contributed by atoms with van der Waals surface area (Å²) in [5, 5.41) is 11.5. The summed E-state index contributed by atoms with van der Waals surface area (Å²) in [5.41, 5.74) is -0.562. The van der Waals surface area contributed by atoms with Crippen molar-refractivity contribution in [1.29, 1.82) is 0 Å². The zero-order chi connectivity index (χ0) is 17.6. The van der Waals surface area contributed by atoms with Gasteiger partial charge >= 0.3 is 12.0 Å². The Bertz CT molecular complexity index is 595. The molecule has 0 saturated heterocycles. The van der Waals surface area contributed by atoms with Gasteiger partial charge in [-0.15, -0.1) is 5.10 Å². The molecular formula is C12H20N4O5S2. The maximum atomic E-state index is 12.0. The van der Waals surface area contributed by atoms with E-state index in [0.717, 1.165) is 11.3 Å². The number of aromatic amines is 1. The largest absolute Gasteiger partial charge is 0.467 e. The average molecular weight is 364 g/mol. The summed E-state index contributed by atoms with van der Waals surface area (Å²) in [5.74, 6) is -0.667. The molecule has 1 aromatic rings. The van der Waals surface area contributed by atoms with E-state index in [0.29, 0.717) is 3.95 Å². The van der Waals surface area contributed by atoms with Crippen molar-refractivity contribution in [2.24, 2.45) is 0 Å². The Labute approximate surface area is 142 Å². The number of nitrogens with one attached hydrogen (secondary N) is 3. The number of nitrogens with zero attached hydrogens (tertiary/aromatic N) is 1. The molecule has 3 N–H and O–H groups in total. The van der Waals surface area contributed by atoms with Crippen molar-refractivity contribution in [2.45, 2.75) is 45.4 Å². The number of H-pyrrole nitrogens is 1. The van der Waals surface area contributed by atoms with E-state index in [1.807, 2.05) is 0 Å². The average Bonchev–Trinajstić information content (AvgIpc) is 2.85. The highest BCUT2D eigenvalue weighted by atomic mass is 32.1. The van der Waals surface area contributed by atoms with Crippen LogP contribution in [0.2, 0.25) is 0 Å². The fraction of sp³-hybridized carbons (Fsp3) is 0.667. The molecule has 0 fully saturated rings. The van der Waals surface area contributed by atoms with Crippen LogP contribution < -0.4 is 10.6 Å². The van der Waals surface area contributed by atoms with Crippen LogP contribution >= 0.6 is 23.6 Å². The van der Waals surface area contributed by atoms with Gasteiger partial charge < -0.3 is 10.1 Å². The maximum absolute atomic E-state index is 12.0. The van der Waals surface area contributed by atoms with Crippen molar-refractivity contribution in [3.63, 3.8) is 0 Å². The minimum absolute atomic E-state index is 0.274. The van der Waals surface area contributed by atoms with Crippen molar-refractivity contribution >= 4 is 40.7 Å². The van der Waals surface area contributed by atoms with E-state index in [1.165, 1.54) is 7.11 Å². The number of methoxy groups -OCH3 is 1. The van der Waals surface area contributed by atoms with Crippen LogP contribution in [0.5, 0.6) is 0 Å². The molecule has 2 atom stereocenters. The minimum atomic E-state index is -1.06. The van der Waals surface area contributed by atoms with Crippen LogP contribution in [0.4, 0.5) is 9.93 Å². The zero-order valence-electron chi connectivity index (χ0n) is 13.5. The third kappa shape index (κ3) is 7.03. The third-order valence-corrected chi connectivity index (χ3v) is 3.32. The molecule has 9 nitrogen and oxygen atoms in total. The molecule has 130 valence electrons. The van der Waals surface area contributed by atoms with E-state index in [1.54, 1.807) is 27.7 Å². The maximum Gasteiger partial charge on any atom is 0.331 e. The summed E-state index contributed by atoms with van der Waals surface area (Å²) in [4.78, 5) is 34.1. The molecule has 0 saturated carbocycles. The molecule has 0 aromatic carbocycles. The van der Waals surface area contributed by atoms with E-state index < -0.39 is 29.7 Å². The standard InChI is InChI=1S/C12H20N4O5S2/c1-6(20-21-12(2,3)4)7(8(17)19-5)13-9(18)14-10-15-16-11(22)23-10/h6-7H,1-5H3,(H,16,22)(H2,13,14,15,18)/t6-,7+/m1/s1. The smallest absolute Gasteiger partial charge is 0.331 e. The highest BCUT2D eigenvalue weighted by molar-refractivity contribution is 7.73. The SMILES string of the molecule is COC(=O)[C@@H](NC(=O)Nc1n[nH]c(=S)s1)[C@@H](C)OOC(C)(C)C. The Kier molecular flexibility index (Phi) is 7.06. The molecule has 0 bridgehead atoms. The van der Waals surface area contributed by atoms with Gasteiger partial charge in [0, 0.05) is 0 Å². The van der Waals surface area contributed by atoms with Gasteiger partial charge in [-0.25, -0.2) is 19.4 Å². The van der Waals surface area contributed by atoms with E-state index in [-0.39, 0.29) is 5.13 Å². The number of rotatable bonds is 6. The zero-order valence-corrected chi connectivity index (χ0v) is 15.1. The molecule has 0 aliphatic heterocycles. The molecule has 0 spiro atoms. The lowest BCUT2D eigenvalue weighted by Gasteiger charge is -2.25. The summed E-state index contributed by atoms with van der Waals surface area (Å²) in [6.07, 6.45) is -0.773. The van der Waals surface area contributed by atoms with Gasteiger partial charge in [-0.3, -0.25) is 10.4 Å². The molecule has 2 amide bonds. The highest BCUT2D eigenvalue weighted by Crippen LogP contribution is 2.13. The Hall–Kier alpha value is -1.56. The first-order chi connectivity index (χ1) is 10.6. The van der Waals surface area contributed by atoms with Crippen molar-refractivity contribution in [3.05, 3.63) is 3.95 Å². The van der Waals surface area contributed by atoms with Gasteiger partial charge in [0.1, 0.15) is 6.10 Å². The predicted octanol–water partition coefficient (Wildman–Crippen LogP) is 2.00. The van der Waals surface area contributed by atoms with Crippen molar-refractivity contribution < 1.29 is 24.1 Å². The van der Waals surface area contributed by atoms with Crippen LogP contribution in [0, 0.1) is 3.95 Å². The number of hydrogen-bond acceptors (Lipinski definition) is 8. The second-order valence-corrected chi connectivity index (χ2v) is 7.18. The molecule has 23 heavy (non-hydrogen) atoms. The lowest BCUT2D eigenvalue weighted by molar-refractivity contribution is -0.372. The van der Waals surface area contributed by atoms with Crippen LogP contribution in [-0.4, -0.2) is 47.1 Å². The summed E-state index contributed by atoms with van der Waals surface area (Å²) >= 11 is 5.95. The molecule has 11 heteroatoms. The van der Waals surface area contributed by atoms with E-state index >= 15 is 0 Å². The van der Waals surface area contributed by atoms with Crippen molar-refractivity contribution in [2.75, 3.05) is 12.4 Å². The quantitative estimate of drug-likeness (QED) is 0.306. The monoisotopic (exact) mass is 364 g/mol. The number of aromatic nitrogens is 2. The van der Waals surface area contributed by atoms with Crippen LogP contribution in [0.15, 0.2) is 0 Å². The molecule has 1 rings (SSSR count). The van der Waals surface area contributed by atoms with Crippen LogP contribution in [0.25, 0.3) is 0 Å². The number of hydrogen-bond donors (Lipinski definition) is 3. The van der Waals surface area contributed by atoms with E-state index in [2.05, 4.69) is 25.6 Å². The van der Waals surface area contributed by atoms with Gasteiger partial charge in [0.2, 0.25) is 5.13 Å². The molecule has 1 aromatic heterocycles. The lowest BCUT2D eigenvalue weighted by Crippen LogP contribution is -2.51. The van der Waals surface area contributed by atoms with Crippen LogP contribution in [0.1, 0.15) is 27.7 Å². The lowest BCUT2D eigenvalue weighted by atomic mass is 10.2. The van der Waals surface area contributed by atoms with Gasteiger partial charge in [0.15, 0.2) is 10.00 Å². The second-order valence-electron chi connectivity index (χ2n) is 5.51. The van der Waals surface area contributed by atoms with E-state index in [4.69, 9.17) is 22.0 Å². The van der Waals surface area contributed by atoms with Gasteiger partial charge in [-0.2, -0.15) is 0 Å². The number of amides is 2. The summed E-state index contributed by atoms with van der Waals surface area (Å²) in [6.45, 7) is 6.95. The number of carbonyl (C=O) groups is 2. The van der Waals surface area contributed by atoms with E-state index in [9.17, 15) is 9.59 Å². The minimum Gasteiger partial charge on any atom is -0.467 e. The Morgan fingerprint density at radius 1 is 1.39 bits per heavy atom. The number of carbonyl (C=O) groups excluding carboxylic acids is 2. The van der Waals surface area contributed by atoms with Gasteiger partial charge in [0.05, 0.1) is 12.7 Å². The fourth-order valence-electron chi connectivity index (χ4n) is 1.33. The molecule has 1 heterocycles. The number of anilines is 1.